The fourth-order valence-corrected chi connectivity index (χ4v) is 1.81. The molecule has 0 spiro atoms. The van der Waals surface area contributed by atoms with E-state index in [0.29, 0.717) is 5.56 Å². The van der Waals surface area contributed by atoms with Gasteiger partial charge in [-0.3, -0.25) is 4.99 Å². The summed E-state index contributed by atoms with van der Waals surface area (Å²) >= 11 is 1.57. The van der Waals surface area contributed by atoms with Gasteiger partial charge in [0.25, 0.3) is 0 Å². The minimum Gasteiger partial charge on any atom is -0.260 e. The largest absolute Gasteiger partial charge is 0.431 e. The van der Waals surface area contributed by atoms with Gasteiger partial charge in [0, 0.05) is 10.5 Å². The minimum atomic E-state index is -4.38. The zero-order chi connectivity index (χ0) is 12.5. The molecule has 1 heterocycles. The number of halogens is 3. The van der Waals surface area contributed by atoms with Gasteiger partial charge in [-0.2, -0.15) is 13.2 Å². The molecule has 0 radical (unpaired) electrons. The SMILES string of the molecule is CSc1ccc(C2=NCC(C(F)(F)F)=N2)cc1. The number of aliphatic imine (C=N–C) groups is 2. The van der Waals surface area contributed by atoms with E-state index in [0.717, 1.165) is 4.90 Å². The van der Waals surface area contributed by atoms with E-state index in [1.807, 2.05) is 18.4 Å². The lowest BCUT2D eigenvalue weighted by Gasteiger charge is -2.03. The van der Waals surface area contributed by atoms with Crippen LogP contribution in [0.15, 0.2) is 39.1 Å². The van der Waals surface area contributed by atoms with E-state index in [1.54, 1.807) is 23.9 Å². The van der Waals surface area contributed by atoms with Crippen molar-refractivity contribution in [1.82, 2.24) is 0 Å². The quantitative estimate of drug-likeness (QED) is 0.748. The maximum Gasteiger partial charge on any atom is 0.431 e. The monoisotopic (exact) mass is 258 g/mol. The topological polar surface area (TPSA) is 24.7 Å². The molecule has 0 fully saturated rings. The summed E-state index contributed by atoms with van der Waals surface area (Å²) in [5.41, 5.74) is -0.219. The molecule has 0 aromatic heterocycles. The lowest BCUT2D eigenvalue weighted by Crippen LogP contribution is -2.23. The van der Waals surface area contributed by atoms with Gasteiger partial charge in [-0.05, 0) is 18.4 Å². The second kappa shape index (κ2) is 4.52. The first-order valence-corrected chi connectivity index (χ1v) is 6.07. The first-order valence-electron chi connectivity index (χ1n) is 4.84. The summed E-state index contributed by atoms with van der Waals surface area (Å²) in [6.07, 6.45) is -2.45. The maximum atomic E-state index is 12.4. The summed E-state index contributed by atoms with van der Waals surface area (Å²) in [7, 11) is 0. The van der Waals surface area contributed by atoms with E-state index in [2.05, 4.69) is 9.98 Å². The Bertz CT molecular complexity index is 474. The molecule has 0 bridgehead atoms. The molecule has 0 amide bonds. The van der Waals surface area contributed by atoms with Crippen molar-refractivity contribution in [2.45, 2.75) is 11.1 Å². The van der Waals surface area contributed by atoms with Crippen LogP contribution >= 0.6 is 11.8 Å². The van der Waals surface area contributed by atoms with Crippen LogP contribution in [-0.4, -0.2) is 30.5 Å². The van der Waals surface area contributed by atoms with Crippen molar-refractivity contribution in [3.63, 3.8) is 0 Å². The van der Waals surface area contributed by atoms with Crippen molar-refractivity contribution in [3.05, 3.63) is 29.8 Å². The third-order valence-electron chi connectivity index (χ3n) is 2.29. The molecular weight excluding hydrogens is 249 g/mol. The predicted octanol–water partition coefficient (Wildman–Crippen LogP) is 3.17. The van der Waals surface area contributed by atoms with Crippen LogP contribution in [0.2, 0.25) is 0 Å². The van der Waals surface area contributed by atoms with Gasteiger partial charge in [0.1, 0.15) is 5.71 Å². The Balaban J connectivity index is 2.22. The van der Waals surface area contributed by atoms with Crippen molar-refractivity contribution in [1.29, 1.82) is 0 Å². The van der Waals surface area contributed by atoms with Crippen LogP contribution in [0.1, 0.15) is 5.56 Å². The molecule has 0 atom stereocenters. The van der Waals surface area contributed by atoms with Crippen LogP contribution in [0.4, 0.5) is 13.2 Å². The first-order chi connectivity index (χ1) is 8.00. The molecule has 1 aromatic rings. The molecule has 17 heavy (non-hydrogen) atoms. The van der Waals surface area contributed by atoms with Crippen molar-refractivity contribution in [2.75, 3.05) is 12.8 Å². The molecule has 0 unspecified atom stereocenters. The Morgan fingerprint density at radius 3 is 2.29 bits per heavy atom. The summed E-state index contributed by atoms with van der Waals surface area (Å²) < 4.78 is 37.1. The summed E-state index contributed by atoms with van der Waals surface area (Å²) in [5.74, 6) is 0.157. The fraction of sp³-hybridized carbons (Fsp3) is 0.273. The average molecular weight is 258 g/mol. The zero-order valence-corrected chi connectivity index (χ0v) is 9.77. The van der Waals surface area contributed by atoms with E-state index >= 15 is 0 Å². The molecule has 2 rings (SSSR count). The smallest absolute Gasteiger partial charge is 0.260 e. The van der Waals surface area contributed by atoms with Crippen molar-refractivity contribution >= 4 is 23.3 Å². The third-order valence-corrected chi connectivity index (χ3v) is 3.04. The van der Waals surface area contributed by atoms with Crippen LogP contribution in [0.3, 0.4) is 0 Å². The van der Waals surface area contributed by atoms with E-state index in [9.17, 15) is 13.2 Å². The Kier molecular flexibility index (Phi) is 3.24. The third kappa shape index (κ3) is 2.69. The molecule has 6 heteroatoms. The van der Waals surface area contributed by atoms with Gasteiger partial charge in [-0.1, -0.05) is 12.1 Å². The summed E-state index contributed by atoms with van der Waals surface area (Å²) in [6, 6.07) is 7.13. The van der Waals surface area contributed by atoms with Crippen molar-refractivity contribution < 1.29 is 13.2 Å². The summed E-state index contributed by atoms with van der Waals surface area (Å²) in [5, 5.41) is 0. The lowest BCUT2D eigenvalue weighted by atomic mass is 10.2. The second-order valence-electron chi connectivity index (χ2n) is 3.42. The number of alkyl halides is 3. The minimum absolute atomic E-state index is 0.157. The van der Waals surface area contributed by atoms with Crippen LogP contribution in [0, 0.1) is 0 Å². The molecular formula is C11H9F3N2S. The van der Waals surface area contributed by atoms with Gasteiger partial charge in [-0.15, -0.1) is 11.8 Å². The molecule has 2 nitrogen and oxygen atoms in total. The van der Waals surface area contributed by atoms with Crippen molar-refractivity contribution in [2.24, 2.45) is 9.98 Å². The van der Waals surface area contributed by atoms with Crippen LogP contribution in [-0.2, 0) is 0 Å². The molecule has 1 aromatic carbocycles. The number of amidine groups is 1. The Hall–Kier alpha value is -1.30. The number of hydrogen-bond donors (Lipinski definition) is 0. The number of benzene rings is 1. The molecule has 1 aliphatic heterocycles. The normalized spacial score (nSPS) is 15.8. The van der Waals surface area contributed by atoms with E-state index in [1.165, 1.54) is 0 Å². The highest BCUT2D eigenvalue weighted by molar-refractivity contribution is 7.98. The number of hydrogen-bond acceptors (Lipinski definition) is 3. The highest BCUT2D eigenvalue weighted by Crippen LogP contribution is 2.22. The Morgan fingerprint density at radius 2 is 1.82 bits per heavy atom. The maximum absolute atomic E-state index is 12.4. The molecule has 0 saturated heterocycles. The molecule has 90 valence electrons. The summed E-state index contributed by atoms with van der Waals surface area (Å²) in [4.78, 5) is 8.36. The highest BCUT2D eigenvalue weighted by atomic mass is 32.2. The molecule has 0 aliphatic carbocycles. The molecule has 1 aliphatic rings. The number of nitrogens with zero attached hydrogens (tertiary/aromatic N) is 2. The number of rotatable bonds is 2. The van der Waals surface area contributed by atoms with Gasteiger partial charge in [0.15, 0.2) is 5.84 Å². The second-order valence-corrected chi connectivity index (χ2v) is 4.30. The standard InChI is InChI=1S/C11H9F3N2S/c1-17-8-4-2-7(3-5-8)10-15-6-9(16-10)11(12,13)14/h2-5H,6H2,1H3. The lowest BCUT2D eigenvalue weighted by molar-refractivity contribution is -0.0592. The predicted molar refractivity (Wildman–Crippen MR) is 63.1 cm³/mol. The highest BCUT2D eigenvalue weighted by Gasteiger charge is 2.37. The van der Waals surface area contributed by atoms with Crippen LogP contribution in [0.5, 0.6) is 0 Å². The first kappa shape index (κ1) is 12.2. The van der Waals surface area contributed by atoms with E-state index in [-0.39, 0.29) is 12.4 Å². The Morgan fingerprint density at radius 1 is 1.18 bits per heavy atom. The van der Waals surface area contributed by atoms with Gasteiger partial charge < -0.3 is 0 Å². The van der Waals surface area contributed by atoms with E-state index < -0.39 is 11.9 Å². The molecule has 0 saturated carbocycles. The Labute approximate surface area is 101 Å². The van der Waals surface area contributed by atoms with Gasteiger partial charge in [0.2, 0.25) is 0 Å². The van der Waals surface area contributed by atoms with Crippen molar-refractivity contribution in [3.8, 4) is 0 Å². The van der Waals surface area contributed by atoms with Gasteiger partial charge in [-0.25, -0.2) is 4.99 Å². The summed E-state index contributed by atoms with van der Waals surface area (Å²) in [6.45, 7) is -0.386. The van der Waals surface area contributed by atoms with Crippen LogP contribution < -0.4 is 0 Å². The van der Waals surface area contributed by atoms with Crippen LogP contribution in [0.25, 0.3) is 0 Å². The van der Waals surface area contributed by atoms with Gasteiger partial charge in [0.05, 0.1) is 6.54 Å². The molecule has 0 N–H and O–H groups in total. The average Bonchev–Trinajstić information content (AvgIpc) is 2.78. The van der Waals surface area contributed by atoms with E-state index in [4.69, 9.17) is 0 Å². The fourth-order valence-electron chi connectivity index (χ4n) is 1.40. The zero-order valence-electron chi connectivity index (χ0n) is 8.95. The van der Waals surface area contributed by atoms with Gasteiger partial charge >= 0.3 is 6.18 Å². The number of thioether (sulfide) groups is 1.